The lowest BCUT2D eigenvalue weighted by molar-refractivity contribution is 0.102. The smallest absolute Gasteiger partial charge is 0.410 e. The molecule has 6 rings (SSSR count). The summed E-state index contributed by atoms with van der Waals surface area (Å²) in [5.41, 5.74) is 3.20. The second-order valence-corrected chi connectivity index (χ2v) is 14.7. The summed E-state index contributed by atoms with van der Waals surface area (Å²) in [7, 11) is -3.61. The van der Waals surface area contributed by atoms with Crippen LogP contribution in [0.1, 0.15) is 47.5 Å². The fourth-order valence-electron chi connectivity index (χ4n) is 5.40. The number of thiazole rings is 1. The van der Waals surface area contributed by atoms with Crippen LogP contribution in [0.2, 0.25) is 0 Å². The van der Waals surface area contributed by atoms with Crippen molar-refractivity contribution in [3.63, 3.8) is 0 Å². The van der Waals surface area contributed by atoms with Crippen molar-refractivity contribution in [1.82, 2.24) is 14.2 Å². The van der Waals surface area contributed by atoms with E-state index in [1.54, 1.807) is 35.3 Å². The summed E-state index contributed by atoms with van der Waals surface area (Å²) in [4.78, 5) is 33.6. The first-order chi connectivity index (χ1) is 20.2. The number of nitrogens with zero attached hydrogens (tertiary/aromatic N) is 3. The predicted octanol–water partition coefficient (Wildman–Crippen LogP) is 6.21. The molecule has 1 fully saturated rings. The molecule has 2 aromatic carbocycles. The zero-order chi connectivity index (χ0) is 29.4. The summed E-state index contributed by atoms with van der Waals surface area (Å²) in [6, 6.07) is 14.0. The molecule has 2 aromatic heterocycles. The highest BCUT2D eigenvalue weighted by Gasteiger charge is 2.31. The summed E-state index contributed by atoms with van der Waals surface area (Å²) in [6.45, 7) is 6.16. The number of thiophene rings is 1. The van der Waals surface area contributed by atoms with E-state index in [0.29, 0.717) is 55.7 Å². The molecule has 0 bridgehead atoms. The number of aromatic nitrogens is 1. The topological polar surface area (TPSA) is 109 Å². The lowest BCUT2D eigenvalue weighted by Crippen LogP contribution is -2.37. The van der Waals surface area contributed by atoms with Crippen molar-refractivity contribution in [3.05, 3.63) is 64.5 Å². The van der Waals surface area contributed by atoms with Crippen LogP contribution >= 0.6 is 22.7 Å². The molecule has 0 atom stereocenters. The van der Waals surface area contributed by atoms with Crippen molar-refractivity contribution in [2.75, 3.05) is 31.6 Å². The Labute approximate surface area is 253 Å². The van der Waals surface area contributed by atoms with Crippen LogP contribution in [0.25, 0.3) is 20.8 Å². The fourth-order valence-corrected chi connectivity index (χ4v) is 9.23. The fraction of sp³-hybridized carbons (Fsp3) is 0.367. The Hall–Kier alpha value is -3.32. The average Bonchev–Trinajstić information content (AvgIpc) is 3.57. The molecule has 0 aliphatic carbocycles. The number of fused-ring (bicyclic) bond motifs is 2. The zero-order valence-electron chi connectivity index (χ0n) is 23.5. The van der Waals surface area contributed by atoms with Crippen molar-refractivity contribution in [1.29, 1.82) is 0 Å². The van der Waals surface area contributed by atoms with Crippen molar-refractivity contribution < 1.29 is 22.7 Å². The van der Waals surface area contributed by atoms with Crippen LogP contribution in [0.4, 0.5) is 9.80 Å². The zero-order valence-corrected chi connectivity index (χ0v) is 25.9. The van der Waals surface area contributed by atoms with Gasteiger partial charge in [-0.25, -0.2) is 18.2 Å². The molecule has 1 N–H and O–H groups in total. The van der Waals surface area contributed by atoms with Gasteiger partial charge in [-0.15, -0.1) is 22.7 Å². The standard InChI is InChI=1S/C30H32N4O5S3/c1-3-39-30(36)33-15-14-22-25(18-33)41-29(26(22)28-31-23-6-4-5-7-24(23)40-28)32-27(35)20-8-10-21(11-9-20)42(37,38)34-16-12-19(2)13-17-34/h4-11,19H,3,12-18H2,1-2H3,(H,32,35). The molecule has 4 heterocycles. The van der Waals surface area contributed by atoms with Gasteiger partial charge in [0, 0.05) is 35.6 Å². The Bertz CT molecular complexity index is 1710. The molecule has 2 aliphatic heterocycles. The van der Waals surface area contributed by atoms with Gasteiger partial charge in [0.2, 0.25) is 10.0 Å². The number of carbonyl (C=O) groups is 2. The van der Waals surface area contributed by atoms with Crippen LogP contribution < -0.4 is 5.32 Å². The van der Waals surface area contributed by atoms with E-state index in [9.17, 15) is 18.0 Å². The van der Waals surface area contributed by atoms with Crippen LogP contribution in [0.15, 0.2) is 53.4 Å². The summed E-state index contributed by atoms with van der Waals surface area (Å²) in [6.07, 6.45) is 1.96. The van der Waals surface area contributed by atoms with Gasteiger partial charge in [-0.1, -0.05) is 19.1 Å². The minimum atomic E-state index is -3.61. The molecular weight excluding hydrogens is 593 g/mol. The molecule has 220 valence electrons. The van der Waals surface area contributed by atoms with Crippen LogP contribution in [0.5, 0.6) is 0 Å². The minimum Gasteiger partial charge on any atom is -0.450 e. The molecule has 9 nitrogen and oxygen atoms in total. The number of anilines is 1. The Morgan fingerprint density at radius 3 is 2.50 bits per heavy atom. The van der Waals surface area contributed by atoms with Crippen LogP contribution in [-0.2, 0) is 27.7 Å². The summed E-state index contributed by atoms with van der Waals surface area (Å²) in [5.74, 6) is 0.181. The van der Waals surface area contributed by atoms with Gasteiger partial charge in [-0.05, 0) is 74.1 Å². The largest absolute Gasteiger partial charge is 0.450 e. The van der Waals surface area contributed by atoms with Gasteiger partial charge >= 0.3 is 6.09 Å². The van der Waals surface area contributed by atoms with Crippen LogP contribution in [0, 0.1) is 5.92 Å². The van der Waals surface area contributed by atoms with E-state index in [4.69, 9.17) is 9.72 Å². The van der Waals surface area contributed by atoms with Gasteiger partial charge in [-0.3, -0.25) is 4.79 Å². The number of para-hydroxylation sites is 1. The number of carbonyl (C=O) groups excluding carboxylic acids is 2. The number of hydrogen-bond acceptors (Lipinski definition) is 8. The van der Waals surface area contributed by atoms with Gasteiger partial charge in [0.15, 0.2) is 0 Å². The molecule has 0 spiro atoms. The third kappa shape index (κ3) is 5.56. The quantitative estimate of drug-likeness (QED) is 0.273. The number of rotatable bonds is 6. The first kappa shape index (κ1) is 28.8. The molecule has 0 radical (unpaired) electrons. The maximum absolute atomic E-state index is 13.5. The third-order valence-electron chi connectivity index (χ3n) is 7.81. The first-order valence-electron chi connectivity index (χ1n) is 14.1. The molecule has 0 unspecified atom stereocenters. The molecule has 0 saturated carbocycles. The van der Waals surface area contributed by atoms with Gasteiger partial charge in [0.25, 0.3) is 5.91 Å². The van der Waals surface area contributed by atoms with Crippen molar-refractivity contribution >= 4 is 59.9 Å². The monoisotopic (exact) mass is 624 g/mol. The Kier molecular flexibility index (Phi) is 8.05. The van der Waals surface area contributed by atoms with Gasteiger partial charge in [0.1, 0.15) is 10.0 Å². The Balaban J connectivity index is 1.29. The summed E-state index contributed by atoms with van der Waals surface area (Å²) < 4.78 is 34.1. The molecule has 4 aromatic rings. The molecule has 2 aliphatic rings. The molecule has 1 saturated heterocycles. The second-order valence-electron chi connectivity index (χ2n) is 10.6. The molecule has 12 heteroatoms. The van der Waals surface area contributed by atoms with Gasteiger partial charge in [0.05, 0.1) is 28.3 Å². The number of amides is 2. The number of piperidine rings is 1. The van der Waals surface area contributed by atoms with E-state index >= 15 is 0 Å². The lowest BCUT2D eigenvalue weighted by Gasteiger charge is -2.29. The second kappa shape index (κ2) is 11.8. The van der Waals surface area contributed by atoms with Gasteiger partial charge < -0.3 is 15.0 Å². The highest BCUT2D eigenvalue weighted by Crippen LogP contribution is 2.46. The van der Waals surface area contributed by atoms with Gasteiger partial charge in [-0.2, -0.15) is 4.31 Å². The molecule has 42 heavy (non-hydrogen) atoms. The highest BCUT2D eigenvalue weighted by molar-refractivity contribution is 7.89. The first-order valence-corrected chi connectivity index (χ1v) is 17.2. The number of sulfonamides is 1. The van der Waals surface area contributed by atoms with E-state index < -0.39 is 10.0 Å². The van der Waals surface area contributed by atoms with E-state index in [1.165, 1.54) is 27.8 Å². The maximum Gasteiger partial charge on any atom is 0.410 e. The van der Waals surface area contributed by atoms with E-state index in [0.717, 1.165) is 44.1 Å². The predicted molar refractivity (Wildman–Crippen MR) is 166 cm³/mol. The van der Waals surface area contributed by atoms with Crippen molar-refractivity contribution in [2.24, 2.45) is 5.92 Å². The number of ether oxygens (including phenoxy) is 1. The molecule has 2 amide bonds. The van der Waals surface area contributed by atoms with Crippen LogP contribution in [0.3, 0.4) is 0 Å². The highest BCUT2D eigenvalue weighted by atomic mass is 32.2. The van der Waals surface area contributed by atoms with E-state index in [-0.39, 0.29) is 16.9 Å². The third-order valence-corrected chi connectivity index (χ3v) is 11.9. The number of benzene rings is 2. The average molecular weight is 625 g/mol. The minimum absolute atomic E-state index is 0.189. The molecular formula is C30H32N4O5S3. The maximum atomic E-state index is 13.5. The summed E-state index contributed by atoms with van der Waals surface area (Å²) >= 11 is 3.00. The normalized spacial score (nSPS) is 16.4. The number of nitrogens with one attached hydrogen (secondary N) is 1. The number of hydrogen-bond donors (Lipinski definition) is 1. The van der Waals surface area contributed by atoms with Crippen molar-refractivity contribution in [3.8, 4) is 10.6 Å². The van der Waals surface area contributed by atoms with E-state index in [2.05, 4.69) is 12.2 Å². The lowest BCUT2D eigenvalue weighted by atomic mass is 10.0. The van der Waals surface area contributed by atoms with Crippen molar-refractivity contribution in [2.45, 2.75) is 44.6 Å². The Morgan fingerprint density at radius 1 is 1.05 bits per heavy atom. The van der Waals surface area contributed by atoms with E-state index in [1.807, 2.05) is 24.3 Å². The Morgan fingerprint density at radius 2 is 1.79 bits per heavy atom. The summed E-state index contributed by atoms with van der Waals surface area (Å²) in [5, 5.41) is 4.55. The van der Waals surface area contributed by atoms with Crippen LogP contribution in [-0.4, -0.2) is 60.8 Å². The SMILES string of the molecule is CCOC(=O)N1CCc2c(sc(NC(=O)c3ccc(S(=O)(=O)N4CCC(C)CC4)cc3)c2-c2nc3ccccc3s2)C1.